The van der Waals surface area contributed by atoms with E-state index in [0.717, 1.165) is 5.56 Å². The Morgan fingerprint density at radius 2 is 1.89 bits per heavy atom. The zero-order valence-electron chi connectivity index (χ0n) is 10.3. The molecule has 100 valence electrons. The number of benzene rings is 1. The fraction of sp³-hybridized carbons (Fsp3) is 0.417. The lowest BCUT2D eigenvalue weighted by Gasteiger charge is -2.08. The average Bonchev–Trinajstić information content (AvgIpc) is 2.36. The van der Waals surface area contributed by atoms with Gasteiger partial charge in [0.05, 0.1) is 25.0 Å². The van der Waals surface area contributed by atoms with Crippen molar-refractivity contribution in [2.24, 2.45) is 5.73 Å². The van der Waals surface area contributed by atoms with Gasteiger partial charge in [0.1, 0.15) is 0 Å². The number of nitrogens with two attached hydrogens (primary N) is 1. The minimum atomic E-state index is -3.33. The maximum atomic E-state index is 11.8. The predicted octanol–water partition coefficient (Wildman–Crippen LogP) is 0.623. The zero-order chi connectivity index (χ0) is 13.6. The maximum Gasteiger partial charge on any atom is 0.306 e. The maximum absolute atomic E-state index is 11.8. The summed E-state index contributed by atoms with van der Waals surface area (Å²) in [6.45, 7) is 0.294. The third kappa shape index (κ3) is 4.46. The molecule has 1 aromatic carbocycles. The Labute approximate surface area is 107 Å². The minimum absolute atomic E-state index is 0.0998. The third-order valence-corrected chi connectivity index (χ3v) is 4.14. The molecule has 0 saturated carbocycles. The van der Waals surface area contributed by atoms with Crippen molar-refractivity contribution in [1.29, 1.82) is 0 Å². The lowest BCUT2D eigenvalue weighted by atomic mass is 10.1. The summed E-state index contributed by atoms with van der Waals surface area (Å²) < 4.78 is 28.1. The molecule has 0 amide bonds. The van der Waals surface area contributed by atoms with Crippen LogP contribution in [-0.2, 0) is 31.7 Å². The van der Waals surface area contributed by atoms with Gasteiger partial charge in [-0.25, -0.2) is 8.42 Å². The van der Waals surface area contributed by atoms with E-state index in [0.29, 0.717) is 12.1 Å². The second-order valence-corrected chi connectivity index (χ2v) is 6.08. The first-order valence-corrected chi connectivity index (χ1v) is 7.34. The molecule has 0 unspecified atom stereocenters. The molecular weight excluding hydrogens is 254 g/mol. The molecule has 0 aliphatic carbocycles. The predicted molar refractivity (Wildman–Crippen MR) is 68.5 cm³/mol. The van der Waals surface area contributed by atoms with E-state index in [2.05, 4.69) is 4.74 Å². The molecule has 1 rings (SSSR count). The molecule has 0 saturated heterocycles. The molecule has 0 radical (unpaired) electrons. The van der Waals surface area contributed by atoms with Crippen molar-refractivity contribution in [3.8, 4) is 0 Å². The minimum Gasteiger partial charge on any atom is -0.469 e. The molecular formula is C12H17NO4S. The van der Waals surface area contributed by atoms with Crippen LogP contribution in [-0.4, -0.2) is 27.2 Å². The lowest BCUT2D eigenvalue weighted by molar-refractivity contribution is -0.140. The number of sulfone groups is 1. The second-order valence-electron chi connectivity index (χ2n) is 3.89. The van der Waals surface area contributed by atoms with Crippen LogP contribution >= 0.6 is 0 Å². The molecule has 18 heavy (non-hydrogen) atoms. The van der Waals surface area contributed by atoms with Crippen LogP contribution in [0.4, 0.5) is 0 Å². The Balaban J connectivity index is 2.73. The Kier molecular flexibility index (Phi) is 5.30. The highest BCUT2D eigenvalue weighted by atomic mass is 32.2. The Morgan fingerprint density at radius 3 is 2.44 bits per heavy atom. The van der Waals surface area contributed by atoms with E-state index in [1.54, 1.807) is 18.2 Å². The van der Waals surface area contributed by atoms with E-state index in [9.17, 15) is 13.2 Å². The van der Waals surface area contributed by atoms with Gasteiger partial charge in [0.2, 0.25) is 0 Å². The lowest BCUT2D eigenvalue weighted by Crippen LogP contribution is -2.15. The van der Waals surface area contributed by atoms with Crippen LogP contribution in [0.5, 0.6) is 0 Å². The summed E-state index contributed by atoms with van der Waals surface area (Å²) in [7, 11) is -2.09. The Hall–Kier alpha value is -1.40. The fourth-order valence-corrected chi connectivity index (χ4v) is 2.92. The molecule has 0 aliphatic rings. The fourth-order valence-electron chi connectivity index (χ4n) is 1.55. The Bertz CT molecular complexity index is 511. The van der Waals surface area contributed by atoms with E-state index in [1.165, 1.54) is 7.11 Å². The van der Waals surface area contributed by atoms with Gasteiger partial charge in [-0.05, 0) is 11.1 Å². The number of rotatable bonds is 6. The largest absolute Gasteiger partial charge is 0.469 e. The van der Waals surface area contributed by atoms with Gasteiger partial charge in [-0.2, -0.15) is 0 Å². The summed E-state index contributed by atoms with van der Waals surface area (Å²) in [5.74, 6) is -0.832. The van der Waals surface area contributed by atoms with Crippen LogP contribution in [0, 0.1) is 0 Å². The summed E-state index contributed by atoms with van der Waals surface area (Å²) in [5.41, 5.74) is 7.03. The molecule has 6 heteroatoms. The molecule has 0 aromatic heterocycles. The molecule has 0 aliphatic heterocycles. The molecule has 0 bridgehead atoms. The van der Waals surface area contributed by atoms with Crippen LogP contribution in [0.2, 0.25) is 0 Å². The van der Waals surface area contributed by atoms with Crippen molar-refractivity contribution >= 4 is 15.8 Å². The molecule has 0 atom stereocenters. The van der Waals surface area contributed by atoms with Crippen LogP contribution in [0.15, 0.2) is 24.3 Å². The smallest absolute Gasteiger partial charge is 0.306 e. The van der Waals surface area contributed by atoms with Crippen molar-refractivity contribution in [3.63, 3.8) is 0 Å². The summed E-state index contributed by atoms with van der Waals surface area (Å²) in [6, 6.07) is 7.11. The number of carbonyl (C=O) groups is 1. The average molecular weight is 271 g/mol. The first-order valence-electron chi connectivity index (χ1n) is 5.52. The molecule has 0 fully saturated rings. The normalized spacial score (nSPS) is 11.2. The highest BCUT2D eigenvalue weighted by Crippen LogP contribution is 2.13. The van der Waals surface area contributed by atoms with Gasteiger partial charge in [0, 0.05) is 6.54 Å². The van der Waals surface area contributed by atoms with E-state index in [4.69, 9.17) is 5.73 Å². The number of hydrogen-bond donors (Lipinski definition) is 1. The monoisotopic (exact) mass is 271 g/mol. The van der Waals surface area contributed by atoms with E-state index in [1.807, 2.05) is 6.07 Å². The summed E-state index contributed by atoms with van der Waals surface area (Å²) in [4.78, 5) is 10.9. The van der Waals surface area contributed by atoms with Crippen molar-refractivity contribution < 1.29 is 17.9 Å². The van der Waals surface area contributed by atoms with E-state index >= 15 is 0 Å². The topological polar surface area (TPSA) is 86.5 Å². The van der Waals surface area contributed by atoms with Crippen molar-refractivity contribution in [2.75, 3.05) is 12.9 Å². The Morgan fingerprint density at radius 1 is 1.28 bits per heavy atom. The SMILES string of the molecule is COC(=O)CCS(=O)(=O)Cc1ccccc1CN. The van der Waals surface area contributed by atoms with Crippen molar-refractivity contribution in [3.05, 3.63) is 35.4 Å². The van der Waals surface area contributed by atoms with Crippen LogP contribution < -0.4 is 5.73 Å². The summed E-state index contributed by atoms with van der Waals surface area (Å²) in [5, 5.41) is 0. The third-order valence-electron chi connectivity index (χ3n) is 2.56. The number of ether oxygens (including phenoxy) is 1. The van der Waals surface area contributed by atoms with Gasteiger partial charge in [0.15, 0.2) is 9.84 Å². The zero-order valence-corrected chi connectivity index (χ0v) is 11.1. The molecule has 2 N–H and O–H groups in total. The van der Waals surface area contributed by atoms with Gasteiger partial charge in [-0.1, -0.05) is 24.3 Å². The van der Waals surface area contributed by atoms with Gasteiger partial charge in [-0.3, -0.25) is 4.79 Å². The van der Waals surface area contributed by atoms with Gasteiger partial charge >= 0.3 is 5.97 Å². The number of hydrogen-bond acceptors (Lipinski definition) is 5. The van der Waals surface area contributed by atoms with Crippen LogP contribution in [0.25, 0.3) is 0 Å². The first-order chi connectivity index (χ1) is 8.48. The van der Waals surface area contributed by atoms with Gasteiger partial charge in [-0.15, -0.1) is 0 Å². The van der Waals surface area contributed by atoms with Crippen LogP contribution in [0.3, 0.4) is 0 Å². The number of esters is 1. The highest BCUT2D eigenvalue weighted by Gasteiger charge is 2.16. The number of carbonyl (C=O) groups excluding carboxylic acids is 1. The standard InChI is InChI=1S/C12H17NO4S/c1-17-12(14)6-7-18(15,16)9-11-5-3-2-4-10(11)8-13/h2-5H,6-9,13H2,1H3. The quantitative estimate of drug-likeness (QED) is 0.767. The number of methoxy groups -OCH3 is 1. The second kappa shape index (κ2) is 6.51. The molecule has 0 heterocycles. The van der Waals surface area contributed by atoms with Gasteiger partial charge < -0.3 is 10.5 Å². The van der Waals surface area contributed by atoms with E-state index in [-0.39, 0.29) is 17.9 Å². The highest BCUT2D eigenvalue weighted by molar-refractivity contribution is 7.90. The first kappa shape index (κ1) is 14.7. The molecule has 1 aromatic rings. The molecule has 5 nitrogen and oxygen atoms in total. The summed E-state index contributed by atoms with van der Waals surface area (Å²) in [6.07, 6.45) is -0.121. The van der Waals surface area contributed by atoms with Crippen molar-refractivity contribution in [2.45, 2.75) is 18.7 Å². The molecule has 0 spiro atoms. The summed E-state index contributed by atoms with van der Waals surface area (Å²) >= 11 is 0. The van der Waals surface area contributed by atoms with Gasteiger partial charge in [0.25, 0.3) is 0 Å². The van der Waals surface area contributed by atoms with E-state index < -0.39 is 15.8 Å². The van der Waals surface area contributed by atoms with Crippen molar-refractivity contribution in [1.82, 2.24) is 0 Å². The van der Waals surface area contributed by atoms with Crippen LogP contribution in [0.1, 0.15) is 17.5 Å².